The minimum Gasteiger partial charge on any atom is -0.388 e. The Morgan fingerprint density at radius 3 is 2.63 bits per heavy atom. The van der Waals surface area contributed by atoms with Crippen LogP contribution in [0.15, 0.2) is 60.9 Å². The van der Waals surface area contributed by atoms with E-state index in [1.807, 2.05) is 65.3 Å². The van der Waals surface area contributed by atoms with Gasteiger partial charge in [-0.3, -0.25) is 0 Å². The molecule has 0 saturated heterocycles. The number of aliphatic hydroxyl groups is 1. The third kappa shape index (κ3) is 2.66. The molecule has 0 aliphatic rings. The van der Waals surface area contributed by atoms with Crippen molar-refractivity contribution in [2.75, 3.05) is 0 Å². The molecule has 1 N–H and O–H groups in total. The van der Waals surface area contributed by atoms with Crippen molar-refractivity contribution in [3.05, 3.63) is 72.2 Å². The highest BCUT2D eigenvalue weighted by atomic mass is 16.3. The molecule has 19 heavy (non-hydrogen) atoms. The average molecular weight is 252 g/mol. The lowest BCUT2D eigenvalue weighted by Gasteiger charge is -2.09. The number of nitrogens with zero attached hydrogens (tertiary/aromatic N) is 2. The average Bonchev–Trinajstić information content (AvgIpc) is 2.88. The van der Waals surface area contributed by atoms with Gasteiger partial charge >= 0.3 is 0 Å². The van der Waals surface area contributed by atoms with Crippen molar-refractivity contribution in [3.8, 4) is 0 Å². The van der Waals surface area contributed by atoms with Gasteiger partial charge in [-0.15, -0.1) is 0 Å². The quantitative estimate of drug-likeness (QED) is 0.775. The molecule has 3 heteroatoms. The fraction of sp³-hybridized carbons (Fsp3) is 0.188. The second kappa shape index (κ2) is 5.24. The summed E-state index contributed by atoms with van der Waals surface area (Å²) in [4.78, 5) is 4.53. The number of hydrogen-bond acceptors (Lipinski definition) is 2. The Balaban J connectivity index is 1.69. The molecule has 2 heterocycles. The minimum absolute atomic E-state index is 0.425. The lowest BCUT2D eigenvalue weighted by molar-refractivity contribution is 0.167. The van der Waals surface area contributed by atoms with Crippen LogP contribution in [0.5, 0.6) is 0 Å². The van der Waals surface area contributed by atoms with Crippen molar-refractivity contribution < 1.29 is 5.11 Å². The van der Waals surface area contributed by atoms with Crippen LogP contribution >= 0.6 is 0 Å². The molecule has 0 amide bonds. The summed E-state index contributed by atoms with van der Waals surface area (Å²) in [5, 5.41) is 10.1. The number of aryl methyl sites for hydroxylation is 1. The highest BCUT2D eigenvalue weighted by Crippen LogP contribution is 2.18. The smallest absolute Gasteiger partial charge is 0.136 e. The van der Waals surface area contributed by atoms with E-state index >= 15 is 0 Å². The first kappa shape index (κ1) is 11.9. The first-order chi connectivity index (χ1) is 9.33. The number of imidazole rings is 1. The lowest BCUT2D eigenvalue weighted by Crippen LogP contribution is -1.99. The van der Waals surface area contributed by atoms with E-state index < -0.39 is 6.10 Å². The normalized spacial score (nSPS) is 12.7. The highest BCUT2D eigenvalue weighted by molar-refractivity contribution is 5.39. The van der Waals surface area contributed by atoms with Crippen molar-refractivity contribution >= 4 is 5.65 Å². The Morgan fingerprint density at radius 1 is 1.05 bits per heavy atom. The SMILES string of the molecule is OC(CCc1cn2ccccc2n1)c1ccccc1. The minimum atomic E-state index is -0.425. The van der Waals surface area contributed by atoms with Gasteiger partial charge in [0.2, 0.25) is 0 Å². The molecule has 2 aromatic heterocycles. The molecule has 0 saturated carbocycles. The Kier molecular flexibility index (Phi) is 3.29. The molecule has 0 aliphatic heterocycles. The summed E-state index contributed by atoms with van der Waals surface area (Å²) in [6, 6.07) is 15.7. The van der Waals surface area contributed by atoms with Crippen LogP contribution < -0.4 is 0 Å². The van der Waals surface area contributed by atoms with Gasteiger partial charge in [-0.25, -0.2) is 4.98 Å². The van der Waals surface area contributed by atoms with E-state index in [1.165, 1.54) is 0 Å². The summed E-state index contributed by atoms with van der Waals surface area (Å²) in [7, 11) is 0. The van der Waals surface area contributed by atoms with Crippen molar-refractivity contribution in [2.45, 2.75) is 18.9 Å². The third-order valence-corrected chi connectivity index (χ3v) is 3.27. The molecule has 0 aliphatic carbocycles. The largest absolute Gasteiger partial charge is 0.388 e. The summed E-state index contributed by atoms with van der Waals surface area (Å²) in [5.41, 5.74) is 2.93. The van der Waals surface area contributed by atoms with E-state index in [1.54, 1.807) is 0 Å². The van der Waals surface area contributed by atoms with E-state index in [2.05, 4.69) is 4.98 Å². The fourth-order valence-corrected chi connectivity index (χ4v) is 2.23. The Labute approximate surface area is 112 Å². The van der Waals surface area contributed by atoms with Crippen LogP contribution in [-0.2, 0) is 6.42 Å². The number of rotatable bonds is 4. The molecule has 1 aromatic carbocycles. The zero-order chi connectivity index (χ0) is 13.1. The van der Waals surface area contributed by atoms with Gasteiger partial charge in [-0.2, -0.15) is 0 Å². The van der Waals surface area contributed by atoms with Crippen LogP contribution in [0.2, 0.25) is 0 Å². The second-order valence-corrected chi connectivity index (χ2v) is 4.66. The first-order valence-corrected chi connectivity index (χ1v) is 6.48. The van der Waals surface area contributed by atoms with Crippen LogP contribution in [0, 0.1) is 0 Å². The molecule has 1 atom stereocenters. The lowest BCUT2D eigenvalue weighted by atomic mass is 10.0. The van der Waals surface area contributed by atoms with Crippen LogP contribution in [-0.4, -0.2) is 14.5 Å². The highest BCUT2D eigenvalue weighted by Gasteiger charge is 2.08. The van der Waals surface area contributed by atoms with Crippen LogP contribution in [0.3, 0.4) is 0 Å². The summed E-state index contributed by atoms with van der Waals surface area (Å²) in [6.07, 6.45) is 5.05. The van der Waals surface area contributed by atoms with Gasteiger partial charge in [-0.1, -0.05) is 36.4 Å². The second-order valence-electron chi connectivity index (χ2n) is 4.66. The predicted octanol–water partition coefficient (Wildman–Crippen LogP) is 3.00. The zero-order valence-electron chi connectivity index (χ0n) is 10.6. The maximum absolute atomic E-state index is 10.1. The van der Waals surface area contributed by atoms with Crippen LogP contribution in [0.4, 0.5) is 0 Å². The van der Waals surface area contributed by atoms with Gasteiger partial charge in [0.15, 0.2) is 0 Å². The Bertz CT molecular complexity index is 628. The number of aliphatic hydroxyl groups excluding tert-OH is 1. The molecule has 0 fully saturated rings. The Hall–Kier alpha value is -2.13. The summed E-state index contributed by atoms with van der Waals surface area (Å²) >= 11 is 0. The number of pyridine rings is 1. The monoisotopic (exact) mass is 252 g/mol. The van der Waals surface area contributed by atoms with Crippen molar-refractivity contribution in [1.82, 2.24) is 9.38 Å². The van der Waals surface area contributed by atoms with Crippen molar-refractivity contribution in [2.24, 2.45) is 0 Å². The van der Waals surface area contributed by atoms with E-state index in [9.17, 15) is 5.11 Å². The number of benzene rings is 1. The van der Waals surface area contributed by atoms with Crippen LogP contribution in [0.25, 0.3) is 5.65 Å². The molecule has 3 nitrogen and oxygen atoms in total. The van der Waals surface area contributed by atoms with E-state index in [-0.39, 0.29) is 0 Å². The van der Waals surface area contributed by atoms with Gasteiger partial charge in [0.05, 0.1) is 11.8 Å². The molecular formula is C16H16N2O. The number of aromatic nitrogens is 2. The van der Waals surface area contributed by atoms with E-state index in [4.69, 9.17) is 0 Å². The van der Waals surface area contributed by atoms with Crippen molar-refractivity contribution in [3.63, 3.8) is 0 Å². The first-order valence-electron chi connectivity index (χ1n) is 6.48. The predicted molar refractivity (Wildman–Crippen MR) is 74.9 cm³/mol. The Morgan fingerprint density at radius 2 is 1.84 bits per heavy atom. The van der Waals surface area contributed by atoms with Crippen LogP contribution in [0.1, 0.15) is 23.8 Å². The van der Waals surface area contributed by atoms with Gasteiger partial charge in [0, 0.05) is 12.4 Å². The zero-order valence-corrected chi connectivity index (χ0v) is 10.6. The van der Waals surface area contributed by atoms with Gasteiger partial charge in [-0.05, 0) is 30.5 Å². The van der Waals surface area contributed by atoms with E-state index in [0.717, 1.165) is 23.3 Å². The van der Waals surface area contributed by atoms with Gasteiger partial charge in [0.1, 0.15) is 5.65 Å². The molecule has 3 aromatic rings. The van der Waals surface area contributed by atoms with Gasteiger partial charge < -0.3 is 9.51 Å². The maximum atomic E-state index is 10.1. The van der Waals surface area contributed by atoms with Gasteiger partial charge in [0.25, 0.3) is 0 Å². The standard InChI is InChI=1S/C16H16N2O/c19-15(13-6-2-1-3-7-13)10-9-14-12-18-11-5-4-8-16(18)17-14/h1-8,11-12,15,19H,9-10H2. The molecule has 3 rings (SSSR count). The summed E-state index contributed by atoms with van der Waals surface area (Å²) in [6.45, 7) is 0. The topological polar surface area (TPSA) is 37.5 Å². The number of fused-ring (bicyclic) bond motifs is 1. The molecule has 1 unspecified atom stereocenters. The fourth-order valence-electron chi connectivity index (χ4n) is 2.23. The maximum Gasteiger partial charge on any atom is 0.136 e. The summed E-state index contributed by atoms with van der Waals surface area (Å²) < 4.78 is 2.00. The molecular weight excluding hydrogens is 236 g/mol. The molecule has 96 valence electrons. The molecule has 0 spiro atoms. The third-order valence-electron chi connectivity index (χ3n) is 3.27. The van der Waals surface area contributed by atoms with Crippen molar-refractivity contribution in [1.29, 1.82) is 0 Å². The van der Waals surface area contributed by atoms with E-state index in [0.29, 0.717) is 6.42 Å². The number of hydrogen-bond donors (Lipinski definition) is 1. The summed E-state index contributed by atoms with van der Waals surface area (Å²) in [5.74, 6) is 0. The molecule has 0 bridgehead atoms. The molecule has 0 radical (unpaired) electrons.